The first kappa shape index (κ1) is 18.1. The number of ether oxygens (including phenoxy) is 2. The Bertz CT molecular complexity index is 872. The largest absolute Gasteiger partial charge is 0.493 e. The number of benzene rings is 1. The van der Waals surface area contributed by atoms with E-state index >= 15 is 0 Å². The highest BCUT2D eigenvalue weighted by Gasteiger charge is 2.08. The van der Waals surface area contributed by atoms with Crippen LogP contribution in [0.2, 0.25) is 0 Å². The highest BCUT2D eigenvalue weighted by molar-refractivity contribution is 5.90. The molecule has 8 heteroatoms. The Morgan fingerprint density at radius 1 is 0.963 bits per heavy atom. The summed E-state index contributed by atoms with van der Waals surface area (Å²) in [6.45, 7) is 0.371. The molecule has 0 atom stereocenters. The van der Waals surface area contributed by atoms with Gasteiger partial charge in [-0.2, -0.15) is 0 Å². The number of nitrogens with zero attached hydrogens (tertiary/aromatic N) is 3. The second-order valence-electron chi connectivity index (χ2n) is 5.47. The molecule has 0 aliphatic carbocycles. The van der Waals surface area contributed by atoms with Crippen molar-refractivity contribution in [1.29, 1.82) is 0 Å². The van der Waals surface area contributed by atoms with E-state index in [1.807, 2.05) is 24.3 Å². The van der Waals surface area contributed by atoms with Crippen molar-refractivity contribution in [2.75, 3.05) is 24.4 Å². The van der Waals surface area contributed by atoms with Crippen LogP contribution in [0.15, 0.2) is 60.8 Å². The molecule has 0 saturated carbocycles. The molecule has 138 valence electrons. The first-order valence-corrected chi connectivity index (χ1v) is 8.28. The molecule has 2 N–H and O–H groups in total. The number of pyridine rings is 1. The third kappa shape index (κ3) is 5.40. The van der Waals surface area contributed by atoms with Crippen molar-refractivity contribution in [2.45, 2.75) is 6.54 Å². The van der Waals surface area contributed by atoms with Crippen molar-refractivity contribution in [2.24, 2.45) is 0 Å². The van der Waals surface area contributed by atoms with Crippen molar-refractivity contribution in [1.82, 2.24) is 15.2 Å². The normalized spacial score (nSPS) is 10.1. The lowest BCUT2D eigenvalue weighted by Crippen LogP contribution is -2.21. The molecule has 3 rings (SSSR count). The summed E-state index contributed by atoms with van der Waals surface area (Å²) in [5, 5.41) is 13.7. The van der Waals surface area contributed by atoms with E-state index in [9.17, 15) is 4.79 Å². The van der Waals surface area contributed by atoms with E-state index in [2.05, 4.69) is 25.8 Å². The fourth-order valence-corrected chi connectivity index (χ4v) is 2.24. The molecule has 0 aliphatic rings. The minimum absolute atomic E-state index is 0.165. The molecule has 2 aromatic heterocycles. The average Bonchev–Trinajstić information content (AvgIpc) is 2.72. The van der Waals surface area contributed by atoms with Crippen LogP contribution in [0.4, 0.5) is 11.6 Å². The van der Waals surface area contributed by atoms with E-state index < -0.39 is 0 Å². The summed E-state index contributed by atoms with van der Waals surface area (Å²) < 4.78 is 10.6. The van der Waals surface area contributed by atoms with Gasteiger partial charge in [0.2, 0.25) is 0 Å². The van der Waals surface area contributed by atoms with Gasteiger partial charge in [-0.15, -0.1) is 10.2 Å². The van der Waals surface area contributed by atoms with Crippen molar-refractivity contribution in [3.63, 3.8) is 0 Å². The van der Waals surface area contributed by atoms with Crippen LogP contribution in [-0.2, 0) is 11.3 Å². The predicted octanol–water partition coefficient (Wildman–Crippen LogP) is 2.51. The maximum absolute atomic E-state index is 12.0. The zero-order valence-electron chi connectivity index (χ0n) is 14.8. The first-order valence-electron chi connectivity index (χ1n) is 8.28. The summed E-state index contributed by atoms with van der Waals surface area (Å²) in [6.07, 6.45) is 1.73. The van der Waals surface area contributed by atoms with Crippen LogP contribution in [0, 0.1) is 0 Å². The van der Waals surface area contributed by atoms with Crippen LogP contribution in [-0.4, -0.2) is 34.8 Å². The minimum atomic E-state index is -0.343. The third-order valence-electron chi connectivity index (χ3n) is 3.54. The van der Waals surface area contributed by atoms with E-state index in [1.54, 1.807) is 43.6 Å². The van der Waals surface area contributed by atoms with Crippen LogP contribution in [0.3, 0.4) is 0 Å². The molecule has 0 aliphatic heterocycles. The smallest absolute Gasteiger partial charge is 0.263 e. The molecule has 0 bridgehead atoms. The Labute approximate surface area is 156 Å². The summed E-state index contributed by atoms with van der Waals surface area (Å²) in [4.78, 5) is 16.2. The van der Waals surface area contributed by atoms with Gasteiger partial charge < -0.3 is 20.1 Å². The quantitative estimate of drug-likeness (QED) is 0.633. The lowest BCUT2D eigenvalue weighted by atomic mass is 10.3. The number of amides is 1. The molecule has 27 heavy (non-hydrogen) atoms. The topological polar surface area (TPSA) is 98.3 Å². The first-order chi connectivity index (χ1) is 13.2. The second-order valence-corrected chi connectivity index (χ2v) is 5.47. The van der Waals surface area contributed by atoms with Gasteiger partial charge in [0.25, 0.3) is 5.91 Å². The average molecular weight is 365 g/mol. The third-order valence-corrected chi connectivity index (χ3v) is 3.54. The van der Waals surface area contributed by atoms with E-state index in [4.69, 9.17) is 9.47 Å². The van der Waals surface area contributed by atoms with Gasteiger partial charge >= 0.3 is 0 Å². The SMILES string of the molecule is COc1ccccc1OCC(=O)Nc1ccc(NCc2ccccn2)nn1. The lowest BCUT2D eigenvalue weighted by Gasteiger charge is -2.10. The molecular formula is C19H19N5O3. The molecule has 0 spiro atoms. The number of hydrogen-bond donors (Lipinski definition) is 2. The van der Waals surface area contributed by atoms with Crippen LogP contribution < -0.4 is 20.1 Å². The summed E-state index contributed by atoms with van der Waals surface area (Å²) in [5.41, 5.74) is 0.894. The zero-order valence-corrected chi connectivity index (χ0v) is 14.8. The van der Waals surface area contributed by atoms with Gasteiger partial charge in [0, 0.05) is 6.20 Å². The molecule has 0 radical (unpaired) electrons. The van der Waals surface area contributed by atoms with Crippen molar-refractivity contribution in [3.8, 4) is 11.5 Å². The fraction of sp³-hybridized carbons (Fsp3) is 0.158. The monoisotopic (exact) mass is 365 g/mol. The molecule has 1 aromatic carbocycles. The Hall–Kier alpha value is -3.68. The number of hydrogen-bond acceptors (Lipinski definition) is 7. The van der Waals surface area contributed by atoms with Gasteiger partial charge in [0.15, 0.2) is 23.9 Å². The van der Waals surface area contributed by atoms with Crippen molar-refractivity contribution < 1.29 is 14.3 Å². The number of carbonyl (C=O) groups excluding carboxylic acids is 1. The number of para-hydroxylation sites is 2. The number of nitrogens with one attached hydrogen (secondary N) is 2. The molecule has 0 unspecified atom stereocenters. The van der Waals surface area contributed by atoms with Gasteiger partial charge in [-0.3, -0.25) is 9.78 Å². The Kier molecular flexibility index (Phi) is 6.13. The van der Waals surface area contributed by atoms with Crippen molar-refractivity contribution >= 4 is 17.5 Å². The van der Waals surface area contributed by atoms with Crippen LogP contribution >= 0.6 is 0 Å². The Morgan fingerprint density at radius 3 is 2.41 bits per heavy atom. The second kappa shape index (κ2) is 9.14. The highest BCUT2D eigenvalue weighted by atomic mass is 16.5. The fourth-order valence-electron chi connectivity index (χ4n) is 2.24. The summed E-state index contributed by atoms with van der Waals surface area (Å²) in [6, 6.07) is 16.2. The number of anilines is 2. The van der Waals surface area contributed by atoms with E-state index in [0.29, 0.717) is 29.7 Å². The zero-order chi connectivity index (χ0) is 18.9. The molecule has 1 amide bonds. The van der Waals surface area contributed by atoms with Gasteiger partial charge in [-0.1, -0.05) is 18.2 Å². The number of methoxy groups -OCH3 is 1. The molecule has 8 nitrogen and oxygen atoms in total. The Balaban J connectivity index is 1.48. The van der Waals surface area contributed by atoms with Gasteiger partial charge in [0.05, 0.1) is 19.3 Å². The van der Waals surface area contributed by atoms with E-state index in [-0.39, 0.29) is 12.5 Å². The summed E-state index contributed by atoms with van der Waals surface area (Å²) >= 11 is 0. The summed E-state index contributed by atoms with van der Waals surface area (Å²) in [7, 11) is 1.54. The maximum atomic E-state index is 12.0. The molecule has 0 fully saturated rings. The molecule has 3 aromatic rings. The van der Waals surface area contributed by atoms with Gasteiger partial charge in [-0.25, -0.2) is 0 Å². The van der Waals surface area contributed by atoms with E-state index in [1.165, 1.54) is 0 Å². The number of aromatic nitrogens is 3. The van der Waals surface area contributed by atoms with Crippen LogP contribution in [0.25, 0.3) is 0 Å². The maximum Gasteiger partial charge on any atom is 0.263 e. The van der Waals surface area contributed by atoms with Crippen molar-refractivity contribution in [3.05, 3.63) is 66.5 Å². The minimum Gasteiger partial charge on any atom is -0.493 e. The number of carbonyl (C=O) groups is 1. The van der Waals surface area contributed by atoms with Crippen LogP contribution in [0.5, 0.6) is 11.5 Å². The van der Waals surface area contributed by atoms with Crippen LogP contribution in [0.1, 0.15) is 5.69 Å². The molecule has 0 saturated heterocycles. The summed E-state index contributed by atoms with van der Waals surface area (Å²) in [5.74, 6) is 1.64. The predicted molar refractivity (Wildman–Crippen MR) is 101 cm³/mol. The Morgan fingerprint density at radius 2 is 1.70 bits per heavy atom. The molecular weight excluding hydrogens is 346 g/mol. The molecule has 2 heterocycles. The van der Waals surface area contributed by atoms with Gasteiger partial charge in [-0.05, 0) is 36.4 Å². The van der Waals surface area contributed by atoms with E-state index in [0.717, 1.165) is 5.69 Å². The van der Waals surface area contributed by atoms with Gasteiger partial charge in [0.1, 0.15) is 5.82 Å². The highest BCUT2D eigenvalue weighted by Crippen LogP contribution is 2.25. The lowest BCUT2D eigenvalue weighted by molar-refractivity contribution is -0.118. The standard InChI is InChI=1S/C19H19N5O3/c1-26-15-7-2-3-8-16(15)27-13-19(25)22-18-10-9-17(23-24-18)21-12-14-6-4-5-11-20-14/h2-11H,12-13H2,1H3,(H,21,23)(H,22,24,25). The number of rotatable bonds is 8.